The first-order valence-electron chi connectivity index (χ1n) is 4.34. The first kappa shape index (κ1) is 12.2. The topological polar surface area (TPSA) is 67.1 Å². The number of halogens is 3. The highest BCUT2D eigenvalue weighted by Gasteiger charge is 2.27. The molecule has 0 spiro atoms. The first-order chi connectivity index (χ1) is 7.37. The molecule has 4 N–H and O–H groups in total. The van der Waals surface area contributed by atoms with E-state index in [-0.39, 0.29) is 0 Å². The minimum Gasteiger partial charge on any atom is -0.399 e. The van der Waals surface area contributed by atoms with E-state index in [1.165, 1.54) is 24.3 Å². The predicted octanol–water partition coefficient (Wildman–Crippen LogP) is 1.95. The van der Waals surface area contributed by atoms with Crippen LogP contribution in [0.3, 0.4) is 0 Å². The fraction of sp³-hybridized carbons (Fsp3) is 0.222. The molecule has 0 bridgehead atoms. The molecule has 0 aromatic heterocycles. The van der Waals surface area contributed by atoms with E-state index in [1.54, 1.807) is 5.32 Å². The number of hydrogen-bond acceptors (Lipinski definition) is 2. The highest BCUT2D eigenvalue weighted by molar-refractivity contribution is 5.89. The second kappa shape index (κ2) is 4.73. The molecule has 0 saturated heterocycles. The van der Waals surface area contributed by atoms with Gasteiger partial charge in [0.15, 0.2) is 0 Å². The van der Waals surface area contributed by atoms with Crippen molar-refractivity contribution >= 4 is 17.4 Å². The number of carbonyl (C=O) groups is 1. The van der Waals surface area contributed by atoms with Crippen LogP contribution in [0.25, 0.3) is 0 Å². The maximum atomic E-state index is 11.7. The smallest absolute Gasteiger partial charge is 0.399 e. The van der Waals surface area contributed by atoms with Crippen LogP contribution >= 0.6 is 0 Å². The van der Waals surface area contributed by atoms with Gasteiger partial charge in [0.05, 0.1) is 0 Å². The number of urea groups is 1. The minimum absolute atomic E-state index is 0.369. The van der Waals surface area contributed by atoms with Gasteiger partial charge < -0.3 is 16.4 Å². The van der Waals surface area contributed by atoms with Crippen molar-refractivity contribution in [2.45, 2.75) is 6.18 Å². The number of carbonyl (C=O) groups excluding carboxylic acids is 1. The quantitative estimate of drug-likeness (QED) is 0.683. The van der Waals surface area contributed by atoms with Crippen molar-refractivity contribution in [2.75, 3.05) is 17.6 Å². The summed E-state index contributed by atoms with van der Waals surface area (Å²) in [5.74, 6) is 0. The van der Waals surface area contributed by atoms with Gasteiger partial charge in [0.1, 0.15) is 6.54 Å². The third-order valence-corrected chi connectivity index (χ3v) is 1.62. The highest BCUT2D eigenvalue weighted by atomic mass is 19.4. The molecular weight excluding hydrogens is 223 g/mol. The van der Waals surface area contributed by atoms with E-state index in [4.69, 9.17) is 5.73 Å². The van der Waals surface area contributed by atoms with Gasteiger partial charge in [0, 0.05) is 11.4 Å². The molecule has 7 heteroatoms. The lowest BCUT2D eigenvalue weighted by Crippen LogP contribution is -2.36. The third-order valence-electron chi connectivity index (χ3n) is 1.62. The molecule has 0 aliphatic heterocycles. The maximum absolute atomic E-state index is 11.7. The Morgan fingerprint density at radius 3 is 2.31 bits per heavy atom. The van der Waals surface area contributed by atoms with E-state index in [9.17, 15) is 18.0 Å². The number of nitrogens with one attached hydrogen (secondary N) is 2. The standard InChI is InChI=1S/C9H10F3N3O/c10-9(11,12)5-14-8(16)15-7-3-1-6(13)2-4-7/h1-4H,5,13H2,(H2,14,15,16). The lowest BCUT2D eigenvalue weighted by Gasteiger charge is -2.09. The Kier molecular flexibility index (Phi) is 3.60. The predicted molar refractivity (Wildman–Crippen MR) is 53.9 cm³/mol. The SMILES string of the molecule is Nc1ccc(NC(=O)NCC(F)(F)F)cc1. The molecular formula is C9H10F3N3O. The summed E-state index contributed by atoms with van der Waals surface area (Å²) in [6.45, 7) is -1.37. The van der Waals surface area contributed by atoms with Crippen LogP contribution in [0, 0.1) is 0 Å². The Morgan fingerprint density at radius 2 is 1.81 bits per heavy atom. The Morgan fingerprint density at radius 1 is 1.25 bits per heavy atom. The lowest BCUT2D eigenvalue weighted by molar-refractivity contribution is -0.122. The van der Waals surface area contributed by atoms with Gasteiger partial charge in [-0.05, 0) is 24.3 Å². The Labute approximate surface area is 89.6 Å². The second-order valence-electron chi connectivity index (χ2n) is 3.04. The van der Waals surface area contributed by atoms with Crippen LogP contribution in [0.4, 0.5) is 29.3 Å². The van der Waals surface area contributed by atoms with Crippen molar-refractivity contribution in [3.05, 3.63) is 24.3 Å². The summed E-state index contributed by atoms with van der Waals surface area (Å²) >= 11 is 0. The van der Waals surface area contributed by atoms with Crippen LogP contribution in [-0.4, -0.2) is 18.8 Å². The number of nitrogen functional groups attached to an aromatic ring is 1. The Hall–Kier alpha value is -1.92. The maximum Gasteiger partial charge on any atom is 0.405 e. The van der Waals surface area contributed by atoms with Crippen LogP contribution in [0.2, 0.25) is 0 Å². The van der Waals surface area contributed by atoms with Gasteiger partial charge in [0.2, 0.25) is 0 Å². The summed E-state index contributed by atoms with van der Waals surface area (Å²) < 4.78 is 35.2. The summed E-state index contributed by atoms with van der Waals surface area (Å²) in [4.78, 5) is 11.0. The molecule has 0 saturated carbocycles. The van der Waals surface area contributed by atoms with Gasteiger partial charge in [0.25, 0.3) is 0 Å². The molecule has 0 heterocycles. The van der Waals surface area contributed by atoms with Crippen molar-refractivity contribution in [2.24, 2.45) is 0 Å². The van der Waals surface area contributed by atoms with Gasteiger partial charge in [-0.25, -0.2) is 4.79 Å². The van der Waals surface area contributed by atoms with Gasteiger partial charge in [-0.3, -0.25) is 0 Å². The molecule has 0 aliphatic carbocycles. The number of nitrogens with two attached hydrogens (primary N) is 1. The Bertz CT molecular complexity index is 361. The van der Waals surface area contributed by atoms with Crippen LogP contribution in [-0.2, 0) is 0 Å². The monoisotopic (exact) mass is 233 g/mol. The minimum atomic E-state index is -4.42. The molecule has 4 nitrogen and oxygen atoms in total. The fourth-order valence-corrected chi connectivity index (χ4v) is 0.922. The zero-order chi connectivity index (χ0) is 12.2. The summed E-state index contributed by atoms with van der Waals surface area (Å²) in [5, 5.41) is 3.92. The van der Waals surface area contributed by atoms with Gasteiger partial charge in [-0.1, -0.05) is 0 Å². The number of benzene rings is 1. The highest BCUT2D eigenvalue weighted by Crippen LogP contribution is 2.13. The largest absolute Gasteiger partial charge is 0.405 e. The van der Waals surface area contributed by atoms with E-state index in [2.05, 4.69) is 5.32 Å². The van der Waals surface area contributed by atoms with Crippen molar-refractivity contribution < 1.29 is 18.0 Å². The summed E-state index contributed by atoms with van der Waals surface area (Å²) in [6.07, 6.45) is -4.42. The molecule has 0 fully saturated rings. The zero-order valence-electron chi connectivity index (χ0n) is 8.14. The number of rotatable bonds is 2. The molecule has 0 unspecified atom stereocenters. The molecule has 88 valence electrons. The van der Waals surface area contributed by atoms with Crippen molar-refractivity contribution in [1.82, 2.24) is 5.32 Å². The van der Waals surface area contributed by atoms with Crippen molar-refractivity contribution in [3.8, 4) is 0 Å². The third kappa shape index (κ3) is 4.54. The molecule has 2 amide bonds. The van der Waals surface area contributed by atoms with Crippen LogP contribution < -0.4 is 16.4 Å². The molecule has 0 aliphatic rings. The van der Waals surface area contributed by atoms with Crippen molar-refractivity contribution in [1.29, 1.82) is 0 Å². The summed E-state index contributed by atoms with van der Waals surface area (Å²) in [7, 11) is 0. The van der Waals surface area contributed by atoms with Gasteiger partial charge >= 0.3 is 12.2 Å². The van der Waals surface area contributed by atoms with Crippen LogP contribution in [0.5, 0.6) is 0 Å². The molecule has 0 atom stereocenters. The Balaban J connectivity index is 2.43. The van der Waals surface area contributed by atoms with Crippen LogP contribution in [0.1, 0.15) is 0 Å². The normalized spacial score (nSPS) is 10.9. The average molecular weight is 233 g/mol. The van der Waals surface area contributed by atoms with Gasteiger partial charge in [-0.2, -0.15) is 13.2 Å². The number of hydrogen-bond donors (Lipinski definition) is 3. The second-order valence-corrected chi connectivity index (χ2v) is 3.04. The molecule has 1 aromatic rings. The van der Waals surface area contributed by atoms with E-state index in [0.29, 0.717) is 11.4 Å². The lowest BCUT2D eigenvalue weighted by atomic mass is 10.3. The van der Waals surface area contributed by atoms with Crippen molar-refractivity contribution in [3.63, 3.8) is 0 Å². The number of alkyl halides is 3. The summed E-state index contributed by atoms with van der Waals surface area (Å²) in [5.41, 5.74) is 6.27. The number of anilines is 2. The fourth-order valence-electron chi connectivity index (χ4n) is 0.922. The number of amides is 2. The first-order valence-corrected chi connectivity index (χ1v) is 4.34. The molecule has 1 aromatic carbocycles. The van der Waals surface area contributed by atoms with Gasteiger partial charge in [-0.15, -0.1) is 0 Å². The van der Waals surface area contributed by atoms with Crippen LogP contribution in [0.15, 0.2) is 24.3 Å². The zero-order valence-corrected chi connectivity index (χ0v) is 8.14. The van der Waals surface area contributed by atoms with E-state index >= 15 is 0 Å². The average Bonchev–Trinajstić information content (AvgIpc) is 2.18. The molecule has 0 radical (unpaired) electrons. The van der Waals surface area contributed by atoms with E-state index in [0.717, 1.165) is 0 Å². The van der Waals surface area contributed by atoms with E-state index in [1.807, 2.05) is 0 Å². The van der Waals surface area contributed by atoms with E-state index < -0.39 is 18.8 Å². The molecule has 16 heavy (non-hydrogen) atoms. The summed E-state index contributed by atoms with van der Waals surface area (Å²) in [6, 6.07) is 5.12. The molecule has 1 rings (SSSR count).